The van der Waals surface area contributed by atoms with E-state index in [0.29, 0.717) is 19.4 Å². The number of aryl methyl sites for hydroxylation is 2. The van der Waals surface area contributed by atoms with E-state index < -0.39 is 0 Å². The molecule has 0 N–H and O–H groups in total. The van der Waals surface area contributed by atoms with Gasteiger partial charge in [0.05, 0.1) is 25.0 Å². The van der Waals surface area contributed by atoms with Gasteiger partial charge in [0.15, 0.2) is 0 Å². The molecule has 4 heteroatoms. The summed E-state index contributed by atoms with van der Waals surface area (Å²) in [7, 11) is 1.90. The first-order valence-corrected chi connectivity index (χ1v) is 4.35. The lowest BCUT2D eigenvalue weighted by atomic mass is 10.2. The minimum atomic E-state index is -0.159. The van der Waals surface area contributed by atoms with Crippen molar-refractivity contribution in [1.29, 1.82) is 0 Å². The van der Waals surface area contributed by atoms with Gasteiger partial charge in [0, 0.05) is 19.7 Å². The van der Waals surface area contributed by atoms with Crippen LogP contribution < -0.4 is 0 Å². The highest BCUT2D eigenvalue weighted by Gasteiger charge is 2.03. The zero-order valence-electron chi connectivity index (χ0n) is 7.99. The molecule has 0 aliphatic carbocycles. The lowest BCUT2D eigenvalue weighted by Crippen LogP contribution is -2.05. The maximum Gasteiger partial charge on any atom is 0.306 e. The number of hydrogen-bond acceptors (Lipinski definition) is 3. The van der Waals surface area contributed by atoms with Gasteiger partial charge in [0.2, 0.25) is 0 Å². The van der Waals surface area contributed by atoms with Crippen molar-refractivity contribution >= 4 is 5.97 Å². The SMILES string of the molecule is CCOC(=O)CCc1cn(C)cn1. The van der Waals surface area contributed by atoms with Gasteiger partial charge in [-0.3, -0.25) is 4.79 Å². The summed E-state index contributed by atoms with van der Waals surface area (Å²) in [5.41, 5.74) is 0.926. The van der Waals surface area contributed by atoms with Crippen molar-refractivity contribution in [2.24, 2.45) is 7.05 Å². The van der Waals surface area contributed by atoms with Crippen LogP contribution >= 0.6 is 0 Å². The van der Waals surface area contributed by atoms with Crippen LogP contribution in [0, 0.1) is 0 Å². The lowest BCUT2D eigenvalue weighted by molar-refractivity contribution is -0.143. The van der Waals surface area contributed by atoms with Gasteiger partial charge in [-0.05, 0) is 6.92 Å². The Kier molecular flexibility index (Phi) is 3.49. The number of rotatable bonds is 4. The number of hydrogen-bond donors (Lipinski definition) is 0. The zero-order valence-corrected chi connectivity index (χ0v) is 7.99. The third kappa shape index (κ3) is 3.27. The van der Waals surface area contributed by atoms with Crippen molar-refractivity contribution in [3.63, 3.8) is 0 Å². The fourth-order valence-corrected chi connectivity index (χ4v) is 1.06. The minimum absolute atomic E-state index is 0.159. The maximum absolute atomic E-state index is 11.0. The Morgan fingerprint density at radius 3 is 3.00 bits per heavy atom. The number of aromatic nitrogens is 2. The molecule has 1 heterocycles. The Bertz CT molecular complexity index is 281. The van der Waals surface area contributed by atoms with Crippen LogP contribution in [0.5, 0.6) is 0 Å². The number of esters is 1. The highest BCUT2D eigenvalue weighted by atomic mass is 16.5. The van der Waals surface area contributed by atoms with Crippen LogP contribution in [0.3, 0.4) is 0 Å². The van der Waals surface area contributed by atoms with Crippen LogP contribution in [0.2, 0.25) is 0 Å². The Balaban J connectivity index is 2.30. The molecule has 0 saturated heterocycles. The van der Waals surface area contributed by atoms with Crippen molar-refractivity contribution in [2.45, 2.75) is 19.8 Å². The van der Waals surface area contributed by atoms with Gasteiger partial charge >= 0.3 is 5.97 Å². The van der Waals surface area contributed by atoms with Crippen molar-refractivity contribution < 1.29 is 9.53 Å². The first-order valence-electron chi connectivity index (χ1n) is 4.35. The molecule has 0 aromatic carbocycles. The van der Waals surface area contributed by atoms with Gasteiger partial charge in [0.25, 0.3) is 0 Å². The van der Waals surface area contributed by atoms with E-state index in [9.17, 15) is 4.79 Å². The van der Waals surface area contributed by atoms with Gasteiger partial charge in [-0.1, -0.05) is 0 Å². The third-order valence-electron chi connectivity index (χ3n) is 1.65. The summed E-state index contributed by atoms with van der Waals surface area (Å²) in [5, 5.41) is 0. The van der Waals surface area contributed by atoms with Gasteiger partial charge in [0.1, 0.15) is 0 Å². The molecule has 0 atom stereocenters. The van der Waals surface area contributed by atoms with Crippen molar-refractivity contribution in [3.8, 4) is 0 Å². The van der Waals surface area contributed by atoms with E-state index >= 15 is 0 Å². The first-order chi connectivity index (χ1) is 6.22. The molecule has 1 rings (SSSR count). The highest BCUT2D eigenvalue weighted by molar-refractivity contribution is 5.69. The van der Waals surface area contributed by atoms with Gasteiger partial charge in [-0.15, -0.1) is 0 Å². The van der Waals surface area contributed by atoms with E-state index in [-0.39, 0.29) is 5.97 Å². The van der Waals surface area contributed by atoms with Crippen molar-refractivity contribution in [2.75, 3.05) is 6.61 Å². The molecule has 72 valence electrons. The Morgan fingerprint density at radius 1 is 1.69 bits per heavy atom. The number of carbonyl (C=O) groups is 1. The maximum atomic E-state index is 11.0. The number of nitrogens with zero attached hydrogens (tertiary/aromatic N) is 2. The number of ether oxygens (including phenoxy) is 1. The van der Waals surface area contributed by atoms with Crippen LogP contribution in [0.25, 0.3) is 0 Å². The summed E-state index contributed by atoms with van der Waals surface area (Å²) in [6.07, 6.45) is 4.68. The Morgan fingerprint density at radius 2 is 2.46 bits per heavy atom. The van der Waals surface area contributed by atoms with E-state index in [4.69, 9.17) is 4.74 Å². The molecule has 13 heavy (non-hydrogen) atoms. The van der Waals surface area contributed by atoms with Crippen LogP contribution in [0.1, 0.15) is 19.0 Å². The van der Waals surface area contributed by atoms with E-state index in [1.807, 2.05) is 17.8 Å². The average molecular weight is 182 g/mol. The summed E-state index contributed by atoms with van der Waals surface area (Å²) in [6.45, 7) is 2.25. The molecule has 0 spiro atoms. The summed E-state index contributed by atoms with van der Waals surface area (Å²) in [6, 6.07) is 0. The molecular weight excluding hydrogens is 168 g/mol. The summed E-state index contributed by atoms with van der Waals surface area (Å²) >= 11 is 0. The topological polar surface area (TPSA) is 44.1 Å². The second-order valence-electron chi connectivity index (χ2n) is 2.84. The second-order valence-corrected chi connectivity index (χ2v) is 2.84. The second kappa shape index (κ2) is 4.64. The largest absolute Gasteiger partial charge is 0.466 e. The molecule has 0 amide bonds. The molecule has 1 aromatic heterocycles. The molecule has 4 nitrogen and oxygen atoms in total. The fourth-order valence-electron chi connectivity index (χ4n) is 1.06. The summed E-state index contributed by atoms with van der Waals surface area (Å²) in [5.74, 6) is -0.159. The third-order valence-corrected chi connectivity index (χ3v) is 1.65. The van der Waals surface area contributed by atoms with Gasteiger partial charge in [-0.25, -0.2) is 4.98 Å². The monoisotopic (exact) mass is 182 g/mol. The molecule has 0 fully saturated rings. The van der Waals surface area contributed by atoms with Crippen LogP contribution in [0.15, 0.2) is 12.5 Å². The first kappa shape index (κ1) is 9.77. The minimum Gasteiger partial charge on any atom is -0.466 e. The predicted octanol–water partition coefficient (Wildman–Crippen LogP) is 0.916. The standard InChI is InChI=1S/C9H14N2O2/c1-3-13-9(12)5-4-8-6-11(2)7-10-8/h6-7H,3-5H2,1-2H3. The normalized spacial score (nSPS) is 10.0. The fraction of sp³-hybridized carbons (Fsp3) is 0.556. The smallest absolute Gasteiger partial charge is 0.306 e. The van der Waals surface area contributed by atoms with Gasteiger partial charge in [-0.2, -0.15) is 0 Å². The quantitative estimate of drug-likeness (QED) is 0.650. The van der Waals surface area contributed by atoms with E-state index in [1.54, 1.807) is 13.3 Å². The molecule has 0 aliphatic rings. The number of imidazole rings is 1. The van der Waals surface area contributed by atoms with E-state index in [2.05, 4.69) is 4.98 Å². The lowest BCUT2D eigenvalue weighted by Gasteiger charge is -1.98. The van der Waals surface area contributed by atoms with Crippen LogP contribution in [0.4, 0.5) is 0 Å². The molecule has 0 unspecified atom stereocenters. The summed E-state index contributed by atoms with van der Waals surface area (Å²) < 4.78 is 6.66. The molecule has 1 aromatic rings. The van der Waals surface area contributed by atoms with Crippen molar-refractivity contribution in [1.82, 2.24) is 9.55 Å². The zero-order chi connectivity index (χ0) is 9.68. The summed E-state index contributed by atoms with van der Waals surface area (Å²) in [4.78, 5) is 15.1. The van der Waals surface area contributed by atoms with E-state index in [1.165, 1.54) is 0 Å². The average Bonchev–Trinajstić information content (AvgIpc) is 2.49. The Labute approximate surface area is 77.5 Å². The Hall–Kier alpha value is -1.32. The highest BCUT2D eigenvalue weighted by Crippen LogP contribution is 1.99. The molecule has 0 radical (unpaired) electrons. The van der Waals surface area contributed by atoms with Gasteiger partial charge < -0.3 is 9.30 Å². The van der Waals surface area contributed by atoms with Crippen molar-refractivity contribution in [3.05, 3.63) is 18.2 Å². The predicted molar refractivity (Wildman–Crippen MR) is 48.2 cm³/mol. The molecule has 0 aliphatic heterocycles. The number of carbonyl (C=O) groups excluding carboxylic acids is 1. The van der Waals surface area contributed by atoms with Crippen LogP contribution in [-0.2, 0) is 23.0 Å². The molecule has 0 saturated carbocycles. The van der Waals surface area contributed by atoms with E-state index in [0.717, 1.165) is 5.69 Å². The molecular formula is C9H14N2O2. The molecule has 0 bridgehead atoms. The van der Waals surface area contributed by atoms with Crippen LogP contribution in [-0.4, -0.2) is 22.1 Å².